The first-order valence-corrected chi connectivity index (χ1v) is 25.8. The fraction of sp³-hybridized carbons (Fsp3) is 0.571. The normalized spacial score (nSPS) is 15.4. The van der Waals surface area contributed by atoms with E-state index < -0.39 is 46.4 Å². The lowest BCUT2D eigenvalue weighted by Crippen LogP contribution is -2.55. The molecule has 0 saturated carbocycles. The molecule has 2 fully saturated rings. The van der Waals surface area contributed by atoms with Crippen LogP contribution in [-0.2, 0) is 30.0 Å². The summed E-state index contributed by atoms with van der Waals surface area (Å²) < 4.78 is 54.9. The molecule has 6 heterocycles. The van der Waals surface area contributed by atoms with Gasteiger partial charge in [0.2, 0.25) is 0 Å². The van der Waals surface area contributed by atoms with Gasteiger partial charge in [0.25, 0.3) is 0 Å². The quantitative estimate of drug-likeness (QED) is 0.127. The van der Waals surface area contributed by atoms with Gasteiger partial charge in [-0.2, -0.15) is 22.8 Å². The number of amides is 2. The second-order valence-corrected chi connectivity index (χ2v) is 23.8. The predicted octanol–water partition coefficient (Wildman–Crippen LogP) is 9.61. The van der Waals surface area contributed by atoms with E-state index in [2.05, 4.69) is 61.8 Å². The van der Waals surface area contributed by atoms with Crippen molar-refractivity contribution in [3.63, 3.8) is 0 Å². The first-order valence-electron chi connectivity index (χ1n) is 20.9. The van der Waals surface area contributed by atoms with Crippen molar-refractivity contribution in [1.29, 1.82) is 0 Å². The Morgan fingerprint density at radius 1 is 0.746 bits per heavy atom. The molecule has 71 heavy (non-hydrogen) atoms. The molecule has 2 saturated heterocycles. The van der Waals surface area contributed by atoms with Crippen molar-refractivity contribution in [2.45, 2.75) is 113 Å². The number of aromatic carboxylic acids is 2. The van der Waals surface area contributed by atoms with Crippen LogP contribution in [0.15, 0.2) is 13.0 Å². The average Bonchev–Trinajstić information content (AvgIpc) is 4.03. The molecule has 2 amide bonds. The number of hydrogen-bond donors (Lipinski definition) is 3. The van der Waals surface area contributed by atoms with E-state index in [1.54, 1.807) is 51.3 Å². The van der Waals surface area contributed by atoms with E-state index in [0.29, 0.717) is 51.1 Å². The van der Waals surface area contributed by atoms with Crippen LogP contribution in [0.25, 0.3) is 0 Å². The summed E-state index contributed by atoms with van der Waals surface area (Å²) in [4.78, 5) is 92.0. The number of carbonyl (C=O) groups excluding carboxylic acids is 5. The van der Waals surface area contributed by atoms with E-state index >= 15 is 0 Å². The summed E-state index contributed by atoms with van der Waals surface area (Å²) in [5.41, 5.74) is -0.0221. The number of aromatic nitrogens is 4. The molecule has 2 aliphatic heterocycles. The zero-order chi connectivity index (χ0) is 54.8. The summed E-state index contributed by atoms with van der Waals surface area (Å²) in [6.07, 6.45) is -4.78. The van der Waals surface area contributed by atoms with E-state index in [-0.39, 0.29) is 35.7 Å². The summed E-state index contributed by atoms with van der Waals surface area (Å²) in [6, 6.07) is 0.0584. The van der Waals surface area contributed by atoms with Crippen LogP contribution in [0.2, 0.25) is 0 Å². The fourth-order valence-electron chi connectivity index (χ4n) is 5.59. The Bertz CT molecular complexity index is 2430. The van der Waals surface area contributed by atoms with Crippen molar-refractivity contribution in [1.82, 2.24) is 35.1 Å². The predicted molar refractivity (Wildman–Crippen MR) is 268 cm³/mol. The number of carboxylic acids is 2. The Balaban J connectivity index is 0.000000461. The van der Waals surface area contributed by atoms with Gasteiger partial charge in [-0.05, 0) is 115 Å². The van der Waals surface area contributed by atoms with Crippen molar-refractivity contribution < 1.29 is 71.2 Å². The highest BCUT2D eigenvalue weighted by molar-refractivity contribution is 9.11. The maximum absolute atomic E-state index is 12.8. The minimum Gasteiger partial charge on any atom is -0.476 e. The third-order valence-electron chi connectivity index (χ3n) is 8.49. The zero-order valence-corrected chi connectivity index (χ0v) is 47.5. The second kappa shape index (κ2) is 29.2. The molecule has 0 aliphatic carbocycles. The lowest BCUT2D eigenvalue weighted by Gasteiger charge is -2.40. The number of esters is 1. The number of aryl methyl sites for hydroxylation is 4. The molecule has 6 rings (SSSR count). The number of nitrogens with one attached hydrogen (secondary N) is 1. The van der Waals surface area contributed by atoms with Gasteiger partial charge in [-0.25, -0.2) is 43.9 Å². The van der Waals surface area contributed by atoms with Gasteiger partial charge < -0.3 is 44.4 Å². The SMILES string of the molecule is COC(=O)c1nc(C)sc1Br.C[C@@H]1CNCCN1C(=O)OC(C)(C)C.Cc1nc(C(=O)O)c(Br)s1.Cc1nc(C(=O)O)cs1.Cc1nc(C(F)(F)F)sc1N1CCN(C(=O)OC(C)(C)C)[C@H](C)C1.O=C=O. The molecule has 2 atom stereocenters. The lowest BCUT2D eigenvalue weighted by atomic mass is 10.2. The first kappa shape index (κ1) is 64.4. The van der Waals surface area contributed by atoms with Crippen molar-refractivity contribution in [3.8, 4) is 0 Å². The largest absolute Gasteiger partial charge is 0.476 e. The highest BCUT2D eigenvalue weighted by atomic mass is 79.9. The van der Waals surface area contributed by atoms with Gasteiger partial charge in [-0.1, -0.05) is 11.3 Å². The van der Waals surface area contributed by atoms with E-state index in [4.69, 9.17) is 29.3 Å². The van der Waals surface area contributed by atoms with Crippen LogP contribution in [0.4, 0.5) is 27.8 Å². The molecular formula is C42H57Br2F3N8O12S4. The third-order valence-corrected chi connectivity index (χ3v) is 13.8. The topological polar surface area (TPSA) is 261 Å². The number of nitrogens with zero attached hydrogens (tertiary/aromatic N) is 7. The lowest BCUT2D eigenvalue weighted by molar-refractivity contribution is -0.191. The number of methoxy groups -OCH3 is 1. The molecule has 0 radical (unpaired) electrons. The summed E-state index contributed by atoms with van der Waals surface area (Å²) in [5, 5.41) is 23.7. The Labute approximate surface area is 441 Å². The number of thiazole rings is 4. The number of rotatable bonds is 4. The molecule has 20 nitrogen and oxygen atoms in total. The van der Waals surface area contributed by atoms with E-state index in [1.165, 1.54) is 46.5 Å². The minimum absolute atomic E-state index is 0.0995. The van der Waals surface area contributed by atoms with Gasteiger partial charge in [-0.3, -0.25) is 0 Å². The zero-order valence-electron chi connectivity index (χ0n) is 41.1. The second-order valence-electron chi connectivity index (χ2n) is 16.8. The molecule has 4 aromatic heterocycles. The van der Waals surface area contributed by atoms with Crippen LogP contribution in [0, 0.1) is 27.7 Å². The fourth-order valence-corrected chi connectivity index (χ4v) is 10.3. The maximum Gasteiger partial charge on any atom is 0.443 e. The number of carbonyl (C=O) groups is 5. The smallest absolute Gasteiger partial charge is 0.443 e. The van der Waals surface area contributed by atoms with Crippen molar-refractivity contribution >= 4 is 118 Å². The van der Waals surface area contributed by atoms with E-state index in [9.17, 15) is 37.1 Å². The minimum atomic E-state index is -4.43. The van der Waals surface area contributed by atoms with Crippen LogP contribution < -0.4 is 10.2 Å². The Morgan fingerprint density at radius 2 is 1.24 bits per heavy atom. The summed E-state index contributed by atoms with van der Waals surface area (Å²) >= 11 is 11.0. The third kappa shape index (κ3) is 23.2. The van der Waals surface area contributed by atoms with Crippen LogP contribution in [0.5, 0.6) is 0 Å². The van der Waals surface area contributed by atoms with Gasteiger partial charge >= 0.3 is 42.4 Å². The Morgan fingerprint density at radius 3 is 1.56 bits per heavy atom. The average molecular weight is 1210 g/mol. The Kier molecular flexibility index (Phi) is 26.4. The molecular weight excluding hydrogens is 1150 g/mol. The molecule has 0 bridgehead atoms. The van der Waals surface area contributed by atoms with Crippen LogP contribution in [0.3, 0.4) is 0 Å². The van der Waals surface area contributed by atoms with Gasteiger partial charge in [0, 0.05) is 56.7 Å². The molecule has 4 aromatic rings. The van der Waals surface area contributed by atoms with E-state index in [0.717, 1.165) is 38.4 Å². The molecule has 396 valence electrons. The van der Waals surface area contributed by atoms with Crippen molar-refractivity contribution in [2.75, 3.05) is 51.3 Å². The van der Waals surface area contributed by atoms with Crippen LogP contribution in [0.1, 0.15) is 113 Å². The van der Waals surface area contributed by atoms with Gasteiger partial charge in [0.15, 0.2) is 22.1 Å². The van der Waals surface area contributed by atoms with Gasteiger partial charge in [0.1, 0.15) is 23.8 Å². The highest BCUT2D eigenvalue weighted by Gasteiger charge is 2.38. The summed E-state index contributed by atoms with van der Waals surface area (Å²) in [6.45, 7) is 25.6. The Hall–Kier alpha value is -4.64. The van der Waals surface area contributed by atoms with Crippen LogP contribution >= 0.6 is 77.2 Å². The number of alkyl halides is 3. The highest BCUT2D eigenvalue weighted by Crippen LogP contribution is 2.39. The van der Waals surface area contributed by atoms with Gasteiger partial charge in [-0.15, -0.1) is 34.0 Å². The molecule has 0 aromatic carbocycles. The number of hydrogen-bond acceptors (Lipinski definition) is 20. The number of anilines is 1. The molecule has 3 N–H and O–H groups in total. The summed E-state index contributed by atoms with van der Waals surface area (Å²) in [5.74, 6) is -2.35. The van der Waals surface area contributed by atoms with Crippen molar-refractivity contribution in [2.24, 2.45) is 0 Å². The number of carboxylic acid groups (broad SMARTS) is 2. The monoisotopic (exact) mass is 1210 g/mol. The van der Waals surface area contributed by atoms with Gasteiger partial charge in [0.05, 0.1) is 27.8 Å². The molecule has 0 spiro atoms. The molecule has 2 aliphatic rings. The maximum atomic E-state index is 12.8. The standard InChI is InChI=1S/C15H22F3N3O2S.C10H20N2O2.C6H6BrNO2S.C5H4BrNO2S.C5H5NO2S.CO2/c1-9-8-20(6-7-21(9)13(22)23-14(3,4)5)11-10(2)19-12(24-11)15(16,17)18;1-8-7-11-5-6-12(8)9(13)14-10(2,3)4;1-3-8-4(5(7)11-3)6(9)10-2;1-2-7-3(5(8)9)4(6)10-2;1-3-6-4(2-9-3)5(7)8;2-1-3/h9H,6-8H2,1-5H3;8,11H,5-7H2,1-4H3;1-2H3;1H3,(H,8,9);2H,1H3,(H,7,8);/t9-;8-;;;;/m11..../s1. The van der Waals surface area contributed by atoms with Crippen LogP contribution in [-0.4, -0.2) is 146 Å². The number of halogens is 5. The van der Waals surface area contributed by atoms with E-state index in [1.807, 2.05) is 46.4 Å². The molecule has 29 heteroatoms. The first-order chi connectivity index (χ1) is 32.7. The molecule has 0 unspecified atom stereocenters. The van der Waals surface area contributed by atoms with Crippen molar-refractivity contribution in [3.05, 3.63) is 55.8 Å². The number of ether oxygens (including phenoxy) is 3. The summed E-state index contributed by atoms with van der Waals surface area (Å²) in [7, 11) is 1.34. The number of piperazine rings is 2.